The van der Waals surface area contributed by atoms with Gasteiger partial charge in [-0.15, -0.1) is 0 Å². The van der Waals surface area contributed by atoms with Crippen LogP contribution in [0.5, 0.6) is 0 Å². The van der Waals surface area contributed by atoms with Crippen LogP contribution in [0.25, 0.3) is 0 Å². The van der Waals surface area contributed by atoms with E-state index in [4.69, 9.17) is 4.74 Å². The SMILES string of the molecule is C=C(C)COC1CCCC(I)C1. The maximum absolute atomic E-state index is 5.71. The second-order valence-electron chi connectivity index (χ2n) is 3.65. The van der Waals surface area contributed by atoms with Gasteiger partial charge in [0, 0.05) is 3.92 Å². The Hall–Kier alpha value is 0.430. The minimum absolute atomic E-state index is 0.498. The van der Waals surface area contributed by atoms with Gasteiger partial charge in [0.2, 0.25) is 0 Å². The molecule has 70 valence electrons. The summed E-state index contributed by atoms with van der Waals surface area (Å²) in [7, 11) is 0. The highest BCUT2D eigenvalue weighted by atomic mass is 127. The van der Waals surface area contributed by atoms with Gasteiger partial charge in [0.1, 0.15) is 0 Å². The van der Waals surface area contributed by atoms with Crippen molar-refractivity contribution >= 4 is 22.6 Å². The Morgan fingerprint density at radius 2 is 2.33 bits per heavy atom. The number of alkyl halides is 1. The Kier molecular flexibility index (Phi) is 4.57. The quantitative estimate of drug-likeness (QED) is 0.438. The maximum Gasteiger partial charge on any atom is 0.0675 e. The summed E-state index contributed by atoms with van der Waals surface area (Å²) in [5, 5.41) is 0. The van der Waals surface area contributed by atoms with Crippen LogP contribution < -0.4 is 0 Å². The van der Waals surface area contributed by atoms with Gasteiger partial charge in [-0.1, -0.05) is 34.7 Å². The van der Waals surface area contributed by atoms with E-state index in [1.807, 2.05) is 6.92 Å². The molecule has 1 fully saturated rings. The summed E-state index contributed by atoms with van der Waals surface area (Å²) in [4.78, 5) is 0. The molecule has 2 heteroatoms. The normalized spacial score (nSPS) is 30.2. The molecular formula is C10H17IO. The van der Waals surface area contributed by atoms with Gasteiger partial charge in [-0.3, -0.25) is 0 Å². The molecule has 0 aliphatic heterocycles. The summed E-state index contributed by atoms with van der Waals surface area (Å²) in [6.45, 7) is 6.59. The Morgan fingerprint density at radius 1 is 1.58 bits per heavy atom. The van der Waals surface area contributed by atoms with Crippen LogP contribution in [0.3, 0.4) is 0 Å². The first-order chi connectivity index (χ1) is 5.68. The zero-order valence-electron chi connectivity index (χ0n) is 7.68. The number of ether oxygens (including phenoxy) is 1. The lowest BCUT2D eigenvalue weighted by Gasteiger charge is -2.25. The highest BCUT2D eigenvalue weighted by Crippen LogP contribution is 2.26. The summed E-state index contributed by atoms with van der Waals surface area (Å²) in [6, 6.07) is 0. The second-order valence-corrected chi connectivity index (χ2v) is 5.42. The predicted octanol–water partition coefficient (Wildman–Crippen LogP) is 3.33. The van der Waals surface area contributed by atoms with Gasteiger partial charge in [-0.25, -0.2) is 0 Å². The Balaban J connectivity index is 2.18. The highest BCUT2D eigenvalue weighted by molar-refractivity contribution is 14.1. The first-order valence-corrected chi connectivity index (χ1v) is 5.83. The smallest absolute Gasteiger partial charge is 0.0675 e. The fourth-order valence-electron chi connectivity index (χ4n) is 1.50. The van der Waals surface area contributed by atoms with E-state index in [1.54, 1.807) is 0 Å². The highest BCUT2D eigenvalue weighted by Gasteiger charge is 2.19. The summed E-state index contributed by atoms with van der Waals surface area (Å²) in [6.07, 6.45) is 5.67. The van der Waals surface area contributed by atoms with Crippen molar-refractivity contribution in [3.05, 3.63) is 12.2 Å². The Morgan fingerprint density at radius 3 is 2.92 bits per heavy atom. The molecule has 1 aliphatic rings. The van der Waals surface area contributed by atoms with Crippen LogP contribution in [-0.4, -0.2) is 16.6 Å². The van der Waals surface area contributed by atoms with Crippen LogP contribution in [0.15, 0.2) is 12.2 Å². The molecule has 1 aliphatic carbocycles. The molecule has 0 bridgehead atoms. The molecule has 0 N–H and O–H groups in total. The molecule has 12 heavy (non-hydrogen) atoms. The molecule has 0 amide bonds. The van der Waals surface area contributed by atoms with Crippen molar-refractivity contribution in [2.24, 2.45) is 0 Å². The minimum atomic E-state index is 0.498. The van der Waals surface area contributed by atoms with Gasteiger partial charge in [-0.2, -0.15) is 0 Å². The maximum atomic E-state index is 5.71. The predicted molar refractivity (Wildman–Crippen MR) is 60.8 cm³/mol. The lowest BCUT2D eigenvalue weighted by atomic mass is 9.98. The molecule has 0 spiro atoms. The molecule has 0 aromatic heterocycles. The van der Waals surface area contributed by atoms with Crippen molar-refractivity contribution in [3.8, 4) is 0 Å². The molecule has 1 saturated carbocycles. The average Bonchev–Trinajstić information content (AvgIpc) is 2.01. The van der Waals surface area contributed by atoms with Gasteiger partial charge >= 0.3 is 0 Å². The molecular weight excluding hydrogens is 263 g/mol. The zero-order valence-corrected chi connectivity index (χ0v) is 9.84. The van der Waals surface area contributed by atoms with Crippen molar-refractivity contribution in [1.29, 1.82) is 0 Å². The van der Waals surface area contributed by atoms with Crippen molar-refractivity contribution in [2.75, 3.05) is 6.61 Å². The van der Waals surface area contributed by atoms with Crippen LogP contribution in [0.1, 0.15) is 32.6 Å². The largest absolute Gasteiger partial charge is 0.374 e. The van der Waals surface area contributed by atoms with Gasteiger partial charge < -0.3 is 4.74 Å². The van der Waals surface area contributed by atoms with Crippen molar-refractivity contribution in [1.82, 2.24) is 0 Å². The molecule has 0 aromatic carbocycles. The summed E-state index contributed by atoms with van der Waals surface area (Å²) in [5.41, 5.74) is 1.13. The topological polar surface area (TPSA) is 9.23 Å². The third-order valence-corrected chi connectivity index (χ3v) is 3.26. The van der Waals surface area contributed by atoms with Crippen LogP contribution >= 0.6 is 22.6 Å². The third kappa shape index (κ3) is 3.90. The molecule has 1 rings (SSSR count). The van der Waals surface area contributed by atoms with Gasteiger partial charge in [0.15, 0.2) is 0 Å². The van der Waals surface area contributed by atoms with Crippen molar-refractivity contribution in [2.45, 2.75) is 42.6 Å². The average molecular weight is 280 g/mol. The number of hydrogen-bond acceptors (Lipinski definition) is 1. The summed E-state index contributed by atoms with van der Waals surface area (Å²) >= 11 is 2.53. The fraction of sp³-hybridized carbons (Fsp3) is 0.800. The first kappa shape index (κ1) is 10.5. The van der Waals surface area contributed by atoms with Gasteiger partial charge in [0.25, 0.3) is 0 Å². The van der Waals surface area contributed by atoms with E-state index in [0.29, 0.717) is 6.10 Å². The minimum Gasteiger partial charge on any atom is -0.374 e. The van der Waals surface area contributed by atoms with E-state index in [2.05, 4.69) is 29.2 Å². The van der Waals surface area contributed by atoms with E-state index < -0.39 is 0 Å². The van der Waals surface area contributed by atoms with Crippen molar-refractivity contribution < 1.29 is 4.74 Å². The van der Waals surface area contributed by atoms with E-state index >= 15 is 0 Å². The number of hydrogen-bond donors (Lipinski definition) is 0. The molecule has 0 aromatic rings. The number of halogens is 1. The molecule has 0 saturated heterocycles. The van der Waals surface area contributed by atoms with Crippen LogP contribution in [0.2, 0.25) is 0 Å². The number of rotatable bonds is 3. The van der Waals surface area contributed by atoms with Crippen LogP contribution in [0.4, 0.5) is 0 Å². The van der Waals surface area contributed by atoms with Gasteiger partial charge in [-0.05, 0) is 32.6 Å². The molecule has 1 nitrogen and oxygen atoms in total. The van der Waals surface area contributed by atoms with Gasteiger partial charge in [0.05, 0.1) is 12.7 Å². The second kappa shape index (κ2) is 5.22. The third-order valence-electron chi connectivity index (χ3n) is 2.13. The van der Waals surface area contributed by atoms with Crippen LogP contribution in [-0.2, 0) is 4.74 Å². The monoisotopic (exact) mass is 280 g/mol. The van der Waals surface area contributed by atoms with Crippen molar-refractivity contribution in [3.63, 3.8) is 0 Å². The van der Waals surface area contributed by atoms with E-state index in [-0.39, 0.29) is 0 Å². The van der Waals surface area contributed by atoms with E-state index in [9.17, 15) is 0 Å². The molecule has 2 atom stereocenters. The molecule has 0 radical (unpaired) electrons. The van der Waals surface area contributed by atoms with E-state index in [1.165, 1.54) is 25.7 Å². The lowest BCUT2D eigenvalue weighted by Crippen LogP contribution is -2.23. The molecule has 2 unspecified atom stereocenters. The zero-order chi connectivity index (χ0) is 8.97. The molecule has 0 heterocycles. The van der Waals surface area contributed by atoms with E-state index in [0.717, 1.165) is 16.1 Å². The van der Waals surface area contributed by atoms with Crippen LogP contribution in [0, 0.1) is 0 Å². The Bertz CT molecular complexity index is 156. The summed E-state index contributed by atoms with van der Waals surface area (Å²) < 4.78 is 6.54. The standard InChI is InChI=1S/C10H17IO/c1-8(2)7-12-10-5-3-4-9(11)6-10/h9-10H,1,3-7H2,2H3. The first-order valence-electron chi connectivity index (χ1n) is 4.58. The summed E-state index contributed by atoms with van der Waals surface area (Å²) in [5.74, 6) is 0. The lowest BCUT2D eigenvalue weighted by molar-refractivity contribution is 0.0459. The Labute approximate surface area is 88.7 Å². The fourth-order valence-corrected chi connectivity index (χ4v) is 2.51.